The molecule has 1 atom stereocenters. The van der Waals surface area contributed by atoms with Crippen molar-refractivity contribution in [1.82, 2.24) is 39.8 Å². The quantitative estimate of drug-likeness (QED) is 0.176. The molecule has 34 heavy (non-hydrogen) atoms. The van der Waals surface area contributed by atoms with Crippen LogP contribution in [-0.2, 0) is 17.8 Å². The van der Waals surface area contributed by atoms with Gasteiger partial charge in [0.15, 0.2) is 33.6 Å². The van der Waals surface area contributed by atoms with E-state index in [0.29, 0.717) is 59.8 Å². The summed E-state index contributed by atoms with van der Waals surface area (Å²) in [4.78, 5) is 14.0. The molecule has 13 nitrogen and oxygen atoms in total. The molecule has 1 unspecified atom stereocenters. The Morgan fingerprint density at radius 2 is 2.09 bits per heavy atom. The molecule has 0 amide bonds. The number of aromatic amines is 1. The summed E-state index contributed by atoms with van der Waals surface area (Å²) in [5, 5.41) is 10.9. The molecule has 5 N–H and O–H groups in total. The van der Waals surface area contributed by atoms with Gasteiger partial charge in [-0.1, -0.05) is 11.8 Å². The molecule has 15 heteroatoms. The predicted octanol–water partition coefficient (Wildman–Crippen LogP) is 0.652. The Labute approximate surface area is 200 Å². The van der Waals surface area contributed by atoms with Gasteiger partial charge < -0.3 is 29.6 Å². The number of H-pyrrole nitrogens is 1. The van der Waals surface area contributed by atoms with Crippen molar-refractivity contribution in [1.29, 1.82) is 0 Å². The van der Waals surface area contributed by atoms with Gasteiger partial charge in [0, 0.05) is 54.1 Å². The number of imidazole rings is 1. The highest BCUT2D eigenvalue weighted by atomic mass is 32.2. The Hall–Kier alpha value is -3.24. The third-order valence-corrected chi connectivity index (χ3v) is 6.52. The standard InChI is InChI=1S/C19H21N9O4S2/c20-17-16-18(23-9-22-17)28(6-5-21-3-4-25-34(29)30)19(26-16)33-15-8-14-13(31-10-32-14)7-11(15)12-1-2-24-27-12/h1-2,7-9,21,25H,3-6,10H2,(H,24,27)(H,29,30)(H2,20,22,23)/p-1. The summed E-state index contributed by atoms with van der Waals surface area (Å²) in [5.74, 6) is 1.60. The summed E-state index contributed by atoms with van der Waals surface area (Å²) in [6, 6.07) is 5.70. The fraction of sp³-hybridized carbons (Fsp3) is 0.263. The highest BCUT2D eigenvalue weighted by Gasteiger charge is 2.22. The van der Waals surface area contributed by atoms with E-state index >= 15 is 0 Å². The van der Waals surface area contributed by atoms with E-state index in [2.05, 4.69) is 30.2 Å². The topological polar surface area (TPSA) is 181 Å². The van der Waals surface area contributed by atoms with Gasteiger partial charge in [-0.2, -0.15) is 5.10 Å². The lowest BCUT2D eigenvalue weighted by Crippen LogP contribution is -2.30. The normalized spacial score (nSPS) is 13.6. The molecular formula is C19H20N9O4S2-. The Balaban J connectivity index is 1.45. The monoisotopic (exact) mass is 502 g/mol. The average Bonchev–Trinajstić information content (AvgIpc) is 3.56. The number of hydrogen-bond acceptors (Lipinski definition) is 11. The number of ether oxygens (including phenoxy) is 2. The van der Waals surface area contributed by atoms with Gasteiger partial charge in [-0.3, -0.25) is 9.31 Å². The van der Waals surface area contributed by atoms with Crippen molar-refractivity contribution in [3.63, 3.8) is 0 Å². The maximum Gasteiger partial charge on any atom is 0.231 e. The van der Waals surface area contributed by atoms with Crippen LogP contribution in [0, 0.1) is 0 Å². The highest BCUT2D eigenvalue weighted by molar-refractivity contribution is 7.99. The van der Waals surface area contributed by atoms with Crippen molar-refractivity contribution in [2.24, 2.45) is 0 Å². The van der Waals surface area contributed by atoms with Crippen molar-refractivity contribution in [3.8, 4) is 22.8 Å². The number of hydrogen-bond donors (Lipinski definition) is 4. The van der Waals surface area contributed by atoms with Gasteiger partial charge in [-0.05, 0) is 18.2 Å². The predicted molar refractivity (Wildman–Crippen MR) is 124 cm³/mol. The number of aromatic nitrogens is 6. The summed E-state index contributed by atoms with van der Waals surface area (Å²) in [5.41, 5.74) is 8.90. The second-order valence-corrected chi connectivity index (χ2v) is 8.90. The van der Waals surface area contributed by atoms with Crippen molar-refractivity contribution < 1.29 is 18.2 Å². The fourth-order valence-electron chi connectivity index (χ4n) is 3.47. The molecule has 4 heterocycles. The molecule has 3 aromatic heterocycles. The Morgan fingerprint density at radius 3 is 2.88 bits per heavy atom. The Morgan fingerprint density at radius 1 is 1.24 bits per heavy atom. The van der Waals surface area contributed by atoms with Gasteiger partial charge in [0.05, 0.1) is 5.69 Å². The van der Waals surface area contributed by atoms with Crippen LogP contribution in [-0.4, -0.2) is 64.9 Å². The summed E-state index contributed by atoms with van der Waals surface area (Å²) in [7, 11) is 0. The minimum Gasteiger partial charge on any atom is -0.760 e. The molecule has 5 rings (SSSR count). The minimum absolute atomic E-state index is 0.164. The van der Waals surface area contributed by atoms with E-state index in [1.807, 2.05) is 22.8 Å². The number of nitrogen functional groups attached to an aromatic ring is 1. The molecule has 0 saturated heterocycles. The number of fused-ring (bicyclic) bond motifs is 2. The van der Waals surface area contributed by atoms with Crippen LogP contribution in [0.25, 0.3) is 22.4 Å². The zero-order chi connectivity index (χ0) is 23.5. The molecular weight excluding hydrogens is 482 g/mol. The largest absolute Gasteiger partial charge is 0.760 e. The SMILES string of the molecule is Nc1ncnc2c1nc(Sc1cc3c(cc1-c1ccn[nH]1)OCO3)n2CCNCCNS(=O)[O-]. The van der Waals surface area contributed by atoms with Crippen LogP contribution < -0.4 is 25.2 Å². The number of nitrogens with zero attached hydrogens (tertiary/aromatic N) is 5. The highest BCUT2D eigenvalue weighted by Crippen LogP contribution is 2.44. The minimum atomic E-state index is -2.28. The number of nitrogens with two attached hydrogens (primary N) is 1. The zero-order valence-corrected chi connectivity index (χ0v) is 19.3. The van der Waals surface area contributed by atoms with Crippen LogP contribution in [0.15, 0.2) is 40.8 Å². The molecule has 0 radical (unpaired) electrons. The summed E-state index contributed by atoms with van der Waals surface area (Å²) in [6.07, 6.45) is 3.09. The van der Waals surface area contributed by atoms with Crippen molar-refractivity contribution in [3.05, 3.63) is 30.7 Å². The second-order valence-electron chi connectivity index (χ2n) is 7.13. The van der Waals surface area contributed by atoms with E-state index in [0.717, 1.165) is 16.2 Å². The van der Waals surface area contributed by atoms with Crippen LogP contribution in [0.4, 0.5) is 5.82 Å². The van der Waals surface area contributed by atoms with Gasteiger partial charge in [-0.25, -0.2) is 19.7 Å². The van der Waals surface area contributed by atoms with E-state index in [9.17, 15) is 8.76 Å². The van der Waals surface area contributed by atoms with Gasteiger partial charge in [-0.15, -0.1) is 0 Å². The third kappa shape index (κ3) is 4.69. The fourth-order valence-corrected chi connectivity index (χ4v) is 4.81. The van der Waals surface area contributed by atoms with E-state index < -0.39 is 11.3 Å². The maximum absolute atomic E-state index is 10.6. The van der Waals surface area contributed by atoms with E-state index in [4.69, 9.17) is 20.2 Å². The number of rotatable bonds is 10. The van der Waals surface area contributed by atoms with Gasteiger partial charge in [0.25, 0.3) is 0 Å². The van der Waals surface area contributed by atoms with Gasteiger partial charge >= 0.3 is 0 Å². The number of anilines is 1. The first-order valence-corrected chi connectivity index (χ1v) is 12.1. The first-order chi connectivity index (χ1) is 16.6. The molecule has 1 aromatic carbocycles. The first kappa shape index (κ1) is 22.5. The third-order valence-electron chi connectivity index (χ3n) is 5.03. The van der Waals surface area contributed by atoms with Crippen LogP contribution in [0.3, 0.4) is 0 Å². The second kappa shape index (κ2) is 9.94. The summed E-state index contributed by atoms with van der Waals surface area (Å²) >= 11 is -0.844. The molecule has 0 spiro atoms. The van der Waals surface area contributed by atoms with E-state index in [1.54, 1.807) is 6.20 Å². The lowest BCUT2D eigenvalue weighted by Gasteiger charge is -2.12. The van der Waals surface area contributed by atoms with Crippen LogP contribution in [0.1, 0.15) is 0 Å². The lowest BCUT2D eigenvalue weighted by molar-refractivity contribution is 0.174. The van der Waals surface area contributed by atoms with Crippen molar-refractivity contribution >= 4 is 40.0 Å². The maximum atomic E-state index is 10.6. The molecule has 1 aliphatic heterocycles. The van der Waals surface area contributed by atoms with Crippen molar-refractivity contribution in [2.75, 3.05) is 32.2 Å². The Kier molecular flexibility index (Phi) is 6.59. The summed E-state index contributed by atoms with van der Waals surface area (Å²) in [6.45, 7) is 2.02. The molecule has 4 aromatic rings. The van der Waals surface area contributed by atoms with Gasteiger partial charge in [0.1, 0.15) is 6.33 Å². The molecule has 0 saturated carbocycles. The molecule has 178 valence electrons. The number of benzene rings is 1. The Bertz CT molecular complexity index is 1330. The lowest BCUT2D eigenvalue weighted by atomic mass is 10.1. The molecule has 0 fully saturated rings. The molecule has 0 aliphatic carbocycles. The molecule has 0 bridgehead atoms. The van der Waals surface area contributed by atoms with E-state index in [1.165, 1.54) is 18.1 Å². The number of nitrogens with one attached hydrogen (secondary N) is 3. The smallest absolute Gasteiger partial charge is 0.231 e. The average molecular weight is 503 g/mol. The van der Waals surface area contributed by atoms with Crippen LogP contribution >= 0.6 is 11.8 Å². The van der Waals surface area contributed by atoms with Crippen LogP contribution in [0.2, 0.25) is 0 Å². The molecule has 1 aliphatic rings. The van der Waals surface area contributed by atoms with E-state index in [-0.39, 0.29) is 6.79 Å². The first-order valence-electron chi connectivity index (χ1n) is 10.2. The van der Waals surface area contributed by atoms with Crippen molar-refractivity contribution in [2.45, 2.75) is 16.6 Å². The zero-order valence-electron chi connectivity index (χ0n) is 17.7. The van der Waals surface area contributed by atoms with Crippen LogP contribution in [0.5, 0.6) is 11.5 Å². The van der Waals surface area contributed by atoms with Gasteiger partial charge in [0.2, 0.25) is 6.79 Å². The summed E-state index contributed by atoms with van der Waals surface area (Å²) < 4.78 is 36.6.